The Kier molecular flexibility index (Phi) is 3.27. The van der Waals surface area contributed by atoms with Crippen molar-refractivity contribution in [1.29, 1.82) is 0 Å². The van der Waals surface area contributed by atoms with Gasteiger partial charge in [0.25, 0.3) is 5.91 Å². The van der Waals surface area contributed by atoms with E-state index in [4.69, 9.17) is 5.73 Å². The summed E-state index contributed by atoms with van der Waals surface area (Å²) in [7, 11) is 1.78. The maximum Gasteiger partial charge on any atom is 0.251 e. The largest absolute Gasteiger partial charge is 0.399 e. The summed E-state index contributed by atoms with van der Waals surface area (Å²) in [6.07, 6.45) is 1.64. The van der Waals surface area contributed by atoms with E-state index in [1.807, 2.05) is 0 Å². The minimum atomic E-state index is -0.527. The number of aryl methyl sites for hydroxylation is 1. The van der Waals surface area contributed by atoms with Gasteiger partial charge in [-0.25, -0.2) is 4.39 Å². The molecule has 0 unspecified atom stereocenters. The fraction of sp³-hybridized carbons (Fsp3) is 0.167. The Morgan fingerprint density at radius 2 is 2.28 bits per heavy atom. The number of nitrogens with two attached hydrogens (primary N) is 1. The number of nitrogen functional groups attached to an aromatic ring is 1. The lowest BCUT2D eigenvalue weighted by Gasteiger charge is -2.06. The quantitative estimate of drug-likeness (QED) is 0.798. The van der Waals surface area contributed by atoms with Gasteiger partial charge in [-0.05, 0) is 24.3 Å². The van der Waals surface area contributed by atoms with Crippen molar-refractivity contribution in [3.63, 3.8) is 0 Å². The van der Waals surface area contributed by atoms with Gasteiger partial charge in [0.2, 0.25) is 0 Å². The predicted octanol–water partition coefficient (Wildman–Crippen LogP) is 1.07. The molecule has 0 saturated carbocycles. The van der Waals surface area contributed by atoms with Crippen LogP contribution in [0.2, 0.25) is 0 Å². The third-order valence-electron chi connectivity index (χ3n) is 2.53. The molecule has 0 radical (unpaired) electrons. The van der Waals surface area contributed by atoms with Gasteiger partial charge in [-0.3, -0.25) is 9.48 Å². The number of hydrogen-bond donors (Lipinski definition) is 2. The molecule has 0 spiro atoms. The third-order valence-corrected chi connectivity index (χ3v) is 2.53. The van der Waals surface area contributed by atoms with Crippen LogP contribution in [0.15, 0.2) is 30.5 Å². The number of aromatic nitrogens is 2. The number of nitrogens with one attached hydrogen (secondary N) is 1. The molecule has 1 aromatic carbocycles. The van der Waals surface area contributed by atoms with Crippen molar-refractivity contribution in [3.8, 4) is 0 Å². The van der Waals surface area contributed by atoms with E-state index in [-0.39, 0.29) is 17.2 Å². The molecule has 2 aromatic rings. The number of nitrogens with zero attached hydrogens (tertiary/aromatic N) is 2. The Morgan fingerprint density at radius 1 is 1.50 bits per heavy atom. The van der Waals surface area contributed by atoms with Crippen LogP contribution < -0.4 is 11.1 Å². The Labute approximate surface area is 103 Å². The van der Waals surface area contributed by atoms with Crippen LogP contribution in [0.1, 0.15) is 16.1 Å². The van der Waals surface area contributed by atoms with E-state index >= 15 is 0 Å². The van der Waals surface area contributed by atoms with Gasteiger partial charge in [0.1, 0.15) is 5.82 Å². The van der Waals surface area contributed by atoms with Gasteiger partial charge in [0, 0.05) is 24.5 Å². The van der Waals surface area contributed by atoms with Gasteiger partial charge in [0.15, 0.2) is 0 Å². The first-order chi connectivity index (χ1) is 8.56. The second kappa shape index (κ2) is 4.87. The van der Waals surface area contributed by atoms with E-state index in [0.29, 0.717) is 6.54 Å². The predicted molar refractivity (Wildman–Crippen MR) is 65.2 cm³/mol. The molecule has 5 nitrogen and oxygen atoms in total. The summed E-state index contributed by atoms with van der Waals surface area (Å²) in [4.78, 5) is 11.8. The van der Waals surface area contributed by atoms with Crippen molar-refractivity contribution in [3.05, 3.63) is 47.5 Å². The van der Waals surface area contributed by atoms with E-state index in [1.54, 1.807) is 24.0 Å². The number of carbonyl (C=O) groups excluding carboxylic acids is 1. The molecule has 0 atom stereocenters. The van der Waals surface area contributed by atoms with Crippen LogP contribution in [0.4, 0.5) is 10.1 Å². The number of benzene rings is 1. The molecule has 1 heterocycles. The van der Waals surface area contributed by atoms with E-state index in [9.17, 15) is 9.18 Å². The van der Waals surface area contributed by atoms with Gasteiger partial charge in [0.05, 0.1) is 12.2 Å². The second-order valence-corrected chi connectivity index (χ2v) is 3.90. The van der Waals surface area contributed by atoms with Gasteiger partial charge in [-0.1, -0.05) is 0 Å². The highest BCUT2D eigenvalue weighted by Crippen LogP contribution is 2.10. The summed E-state index contributed by atoms with van der Waals surface area (Å²) in [5, 5.41) is 6.66. The number of amides is 1. The van der Waals surface area contributed by atoms with Gasteiger partial charge in [-0.15, -0.1) is 0 Å². The van der Waals surface area contributed by atoms with E-state index in [2.05, 4.69) is 10.4 Å². The average molecular weight is 248 g/mol. The maximum atomic E-state index is 13.1. The van der Waals surface area contributed by atoms with Crippen LogP contribution >= 0.6 is 0 Å². The zero-order chi connectivity index (χ0) is 13.1. The van der Waals surface area contributed by atoms with Crippen molar-refractivity contribution >= 4 is 11.6 Å². The number of halogens is 1. The molecule has 0 aliphatic carbocycles. The summed E-state index contributed by atoms with van der Waals surface area (Å²) in [6.45, 7) is 0.325. The Morgan fingerprint density at radius 3 is 2.89 bits per heavy atom. The lowest BCUT2D eigenvalue weighted by molar-refractivity contribution is 0.0949. The molecular formula is C12H13FN4O. The summed E-state index contributed by atoms with van der Waals surface area (Å²) in [6, 6.07) is 5.54. The van der Waals surface area contributed by atoms with Crippen LogP contribution in [0.5, 0.6) is 0 Å². The summed E-state index contributed by atoms with van der Waals surface area (Å²) in [5.74, 6) is -0.900. The molecule has 0 bridgehead atoms. The molecule has 0 aliphatic heterocycles. The van der Waals surface area contributed by atoms with Crippen LogP contribution in [0.25, 0.3) is 0 Å². The molecule has 18 heavy (non-hydrogen) atoms. The molecule has 94 valence electrons. The van der Waals surface area contributed by atoms with Gasteiger partial charge < -0.3 is 11.1 Å². The third kappa shape index (κ3) is 2.65. The molecule has 1 amide bonds. The Bertz CT molecular complexity index is 559. The molecule has 1 aromatic heterocycles. The van der Waals surface area contributed by atoms with Gasteiger partial charge in [-0.2, -0.15) is 5.10 Å². The SMILES string of the molecule is Cn1nccc1CNC(=O)c1cc(N)cc(F)c1. The van der Waals surface area contributed by atoms with E-state index < -0.39 is 5.82 Å². The number of hydrogen-bond acceptors (Lipinski definition) is 3. The lowest BCUT2D eigenvalue weighted by Crippen LogP contribution is -2.24. The van der Waals surface area contributed by atoms with E-state index in [1.165, 1.54) is 6.07 Å². The normalized spacial score (nSPS) is 10.3. The van der Waals surface area contributed by atoms with E-state index in [0.717, 1.165) is 17.8 Å². The molecule has 0 saturated heterocycles. The fourth-order valence-electron chi connectivity index (χ4n) is 1.59. The van der Waals surface area contributed by atoms with Crippen molar-refractivity contribution < 1.29 is 9.18 Å². The highest BCUT2D eigenvalue weighted by atomic mass is 19.1. The molecule has 6 heteroatoms. The van der Waals surface area contributed by atoms with Crippen molar-refractivity contribution in [2.45, 2.75) is 6.54 Å². The maximum absolute atomic E-state index is 13.1. The fourth-order valence-corrected chi connectivity index (χ4v) is 1.59. The van der Waals surface area contributed by atoms with Crippen LogP contribution in [-0.4, -0.2) is 15.7 Å². The Balaban J connectivity index is 2.06. The first kappa shape index (κ1) is 12.1. The first-order valence-corrected chi connectivity index (χ1v) is 5.37. The zero-order valence-corrected chi connectivity index (χ0v) is 9.85. The first-order valence-electron chi connectivity index (χ1n) is 5.37. The van der Waals surface area contributed by atoms with Crippen LogP contribution in [0, 0.1) is 5.82 Å². The van der Waals surface area contributed by atoms with Crippen molar-refractivity contribution in [2.75, 3.05) is 5.73 Å². The number of carbonyl (C=O) groups is 1. The smallest absolute Gasteiger partial charge is 0.251 e. The van der Waals surface area contributed by atoms with Crippen molar-refractivity contribution in [1.82, 2.24) is 15.1 Å². The molecule has 3 N–H and O–H groups in total. The molecule has 2 rings (SSSR count). The average Bonchev–Trinajstić information content (AvgIpc) is 2.70. The van der Waals surface area contributed by atoms with Crippen LogP contribution in [-0.2, 0) is 13.6 Å². The number of rotatable bonds is 3. The minimum Gasteiger partial charge on any atom is -0.399 e. The Hall–Kier alpha value is -2.37. The van der Waals surface area contributed by atoms with Gasteiger partial charge >= 0.3 is 0 Å². The van der Waals surface area contributed by atoms with Crippen molar-refractivity contribution in [2.24, 2.45) is 7.05 Å². The van der Waals surface area contributed by atoms with Crippen LogP contribution in [0.3, 0.4) is 0 Å². The summed E-state index contributed by atoms with van der Waals surface area (Å²) in [5.41, 5.74) is 6.76. The minimum absolute atomic E-state index is 0.203. The molecule has 0 fully saturated rings. The monoisotopic (exact) mass is 248 g/mol. The lowest BCUT2D eigenvalue weighted by atomic mass is 10.2. The molecule has 0 aliphatic rings. The second-order valence-electron chi connectivity index (χ2n) is 3.90. The highest BCUT2D eigenvalue weighted by Gasteiger charge is 2.08. The topological polar surface area (TPSA) is 72.9 Å². The highest BCUT2D eigenvalue weighted by molar-refractivity contribution is 5.94. The standard InChI is InChI=1S/C12H13FN4O/c1-17-11(2-3-16-17)7-15-12(18)8-4-9(13)6-10(14)5-8/h2-6H,7,14H2,1H3,(H,15,18). The summed E-state index contributed by atoms with van der Waals surface area (Å²) < 4.78 is 14.7. The summed E-state index contributed by atoms with van der Waals surface area (Å²) >= 11 is 0. The molecular weight excluding hydrogens is 235 g/mol. The zero-order valence-electron chi connectivity index (χ0n) is 9.85. The number of anilines is 1.